The van der Waals surface area contributed by atoms with Crippen molar-refractivity contribution in [3.63, 3.8) is 0 Å². The average Bonchev–Trinajstić information content (AvgIpc) is 2.27. The third-order valence-corrected chi connectivity index (χ3v) is 2.09. The van der Waals surface area contributed by atoms with E-state index < -0.39 is 6.61 Å². The highest BCUT2D eigenvalue weighted by Gasteiger charge is 2.13. The molecule has 1 aromatic rings. The molecule has 0 bridgehead atoms. The first-order valence-corrected chi connectivity index (χ1v) is 4.67. The highest BCUT2D eigenvalue weighted by Crippen LogP contribution is 2.30. The SMILES string of the molecule is COc1cc([C@@H](N)CN)ccc1OC(F)F. The summed E-state index contributed by atoms with van der Waals surface area (Å²) in [7, 11) is 1.37. The van der Waals surface area contributed by atoms with E-state index >= 15 is 0 Å². The van der Waals surface area contributed by atoms with Gasteiger partial charge in [0, 0.05) is 12.6 Å². The van der Waals surface area contributed by atoms with Crippen LogP contribution in [0.3, 0.4) is 0 Å². The first-order chi connectivity index (χ1) is 7.58. The Bertz CT molecular complexity index is 348. The minimum atomic E-state index is -2.89. The van der Waals surface area contributed by atoms with E-state index in [1.54, 1.807) is 6.07 Å². The van der Waals surface area contributed by atoms with Gasteiger partial charge in [-0.3, -0.25) is 0 Å². The molecule has 4 N–H and O–H groups in total. The van der Waals surface area contributed by atoms with E-state index in [1.165, 1.54) is 19.2 Å². The molecular formula is C10H14F2N2O2. The number of rotatable bonds is 5. The van der Waals surface area contributed by atoms with Crippen LogP contribution in [0, 0.1) is 0 Å². The fourth-order valence-electron chi connectivity index (χ4n) is 1.24. The first kappa shape index (κ1) is 12.7. The van der Waals surface area contributed by atoms with Gasteiger partial charge in [-0.05, 0) is 17.7 Å². The standard InChI is InChI=1S/C10H14F2N2O2/c1-15-9-4-6(7(14)5-13)2-3-8(9)16-10(11)12/h2-4,7,10H,5,13-14H2,1H3/t7-/m0/s1. The summed E-state index contributed by atoms with van der Waals surface area (Å²) in [6.45, 7) is -2.62. The number of ether oxygens (including phenoxy) is 2. The molecule has 1 atom stereocenters. The molecular weight excluding hydrogens is 218 g/mol. The fourth-order valence-corrected chi connectivity index (χ4v) is 1.24. The Hall–Kier alpha value is -1.40. The minimum Gasteiger partial charge on any atom is -0.493 e. The summed E-state index contributed by atoms with van der Waals surface area (Å²) in [5, 5.41) is 0. The maximum atomic E-state index is 12.0. The van der Waals surface area contributed by atoms with Crippen molar-refractivity contribution in [3.8, 4) is 11.5 Å². The first-order valence-electron chi connectivity index (χ1n) is 4.67. The van der Waals surface area contributed by atoms with Crippen molar-refractivity contribution in [3.05, 3.63) is 23.8 Å². The van der Waals surface area contributed by atoms with E-state index in [1.807, 2.05) is 0 Å². The summed E-state index contributed by atoms with van der Waals surface area (Å²) < 4.78 is 33.3. The van der Waals surface area contributed by atoms with Gasteiger partial charge in [0.2, 0.25) is 0 Å². The lowest BCUT2D eigenvalue weighted by molar-refractivity contribution is -0.0512. The third-order valence-electron chi connectivity index (χ3n) is 2.09. The van der Waals surface area contributed by atoms with Gasteiger partial charge < -0.3 is 20.9 Å². The highest BCUT2D eigenvalue weighted by atomic mass is 19.3. The van der Waals surface area contributed by atoms with Crippen molar-refractivity contribution in [2.45, 2.75) is 12.7 Å². The number of halogens is 2. The number of benzene rings is 1. The van der Waals surface area contributed by atoms with Crippen LogP contribution in [0.25, 0.3) is 0 Å². The number of nitrogens with two attached hydrogens (primary N) is 2. The van der Waals surface area contributed by atoms with Crippen molar-refractivity contribution in [1.82, 2.24) is 0 Å². The number of hydrogen-bond acceptors (Lipinski definition) is 4. The molecule has 0 unspecified atom stereocenters. The van der Waals surface area contributed by atoms with E-state index in [0.29, 0.717) is 5.56 Å². The summed E-state index contributed by atoms with van der Waals surface area (Å²) in [6.07, 6.45) is 0. The van der Waals surface area contributed by atoms with Crippen molar-refractivity contribution in [2.24, 2.45) is 11.5 Å². The molecule has 0 amide bonds. The summed E-state index contributed by atoms with van der Waals surface area (Å²) in [5.74, 6) is 0.187. The molecule has 0 aliphatic heterocycles. The lowest BCUT2D eigenvalue weighted by atomic mass is 10.1. The van der Waals surface area contributed by atoms with Crippen LogP contribution in [0.15, 0.2) is 18.2 Å². The highest BCUT2D eigenvalue weighted by molar-refractivity contribution is 5.43. The van der Waals surface area contributed by atoms with Crippen LogP contribution in [0.5, 0.6) is 11.5 Å². The van der Waals surface area contributed by atoms with E-state index in [2.05, 4.69) is 4.74 Å². The zero-order valence-electron chi connectivity index (χ0n) is 8.82. The van der Waals surface area contributed by atoms with Crippen molar-refractivity contribution >= 4 is 0 Å². The quantitative estimate of drug-likeness (QED) is 0.801. The topological polar surface area (TPSA) is 70.5 Å². The zero-order chi connectivity index (χ0) is 12.1. The van der Waals surface area contributed by atoms with Gasteiger partial charge in [-0.2, -0.15) is 8.78 Å². The van der Waals surface area contributed by atoms with Gasteiger partial charge in [0.25, 0.3) is 0 Å². The Morgan fingerprint density at radius 1 is 1.31 bits per heavy atom. The van der Waals surface area contributed by atoms with Gasteiger partial charge in [0.1, 0.15) is 0 Å². The number of alkyl halides is 2. The molecule has 0 fully saturated rings. The van der Waals surface area contributed by atoms with Gasteiger partial charge in [0.05, 0.1) is 7.11 Å². The average molecular weight is 232 g/mol. The van der Waals surface area contributed by atoms with Crippen LogP contribution in [0.2, 0.25) is 0 Å². The van der Waals surface area contributed by atoms with Crippen molar-refractivity contribution < 1.29 is 18.3 Å². The van der Waals surface area contributed by atoms with Gasteiger partial charge >= 0.3 is 6.61 Å². The summed E-state index contributed by atoms with van der Waals surface area (Å²) in [6, 6.07) is 4.15. The van der Waals surface area contributed by atoms with Gasteiger partial charge in [0.15, 0.2) is 11.5 Å². The largest absolute Gasteiger partial charge is 0.493 e. The monoisotopic (exact) mass is 232 g/mol. The second kappa shape index (κ2) is 5.62. The lowest BCUT2D eigenvalue weighted by Crippen LogP contribution is -2.20. The van der Waals surface area contributed by atoms with Crippen LogP contribution in [0.4, 0.5) is 8.78 Å². The molecule has 1 rings (SSSR count). The predicted octanol–water partition coefficient (Wildman–Crippen LogP) is 1.26. The molecule has 0 aromatic heterocycles. The normalized spacial score (nSPS) is 12.6. The molecule has 6 heteroatoms. The van der Waals surface area contributed by atoms with Crippen LogP contribution in [-0.2, 0) is 0 Å². The summed E-state index contributed by atoms with van der Waals surface area (Å²) >= 11 is 0. The van der Waals surface area contributed by atoms with Crippen molar-refractivity contribution in [1.29, 1.82) is 0 Å². The fraction of sp³-hybridized carbons (Fsp3) is 0.400. The maximum Gasteiger partial charge on any atom is 0.387 e. The molecule has 16 heavy (non-hydrogen) atoms. The van der Waals surface area contributed by atoms with Gasteiger partial charge in [-0.15, -0.1) is 0 Å². The summed E-state index contributed by atoms with van der Waals surface area (Å²) in [5.41, 5.74) is 11.8. The molecule has 0 radical (unpaired) electrons. The van der Waals surface area contributed by atoms with Crippen LogP contribution >= 0.6 is 0 Å². The van der Waals surface area contributed by atoms with E-state index in [9.17, 15) is 8.78 Å². The Balaban J connectivity index is 2.97. The molecule has 0 aliphatic carbocycles. The van der Waals surface area contributed by atoms with Crippen LogP contribution in [0.1, 0.15) is 11.6 Å². The third kappa shape index (κ3) is 3.04. The van der Waals surface area contributed by atoms with Gasteiger partial charge in [-0.25, -0.2) is 0 Å². The number of hydrogen-bond donors (Lipinski definition) is 2. The Morgan fingerprint density at radius 3 is 2.50 bits per heavy atom. The smallest absolute Gasteiger partial charge is 0.387 e. The predicted molar refractivity (Wildman–Crippen MR) is 55.6 cm³/mol. The van der Waals surface area contributed by atoms with E-state index in [-0.39, 0.29) is 24.1 Å². The molecule has 0 spiro atoms. The second-order valence-electron chi connectivity index (χ2n) is 3.13. The number of methoxy groups -OCH3 is 1. The molecule has 0 aliphatic rings. The summed E-state index contributed by atoms with van der Waals surface area (Å²) in [4.78, 5) is 0. The van der Waals surface area contributed by atoms with Gasteiger partial charge in [-0.1, -0.05) is 6.07 Å². The minimum absolute atomic E-state index is 0.0227. The Kier molecular flexibility index (Phi) is 4.45. The van der Waals surface area contributed by atoms with Crippen molar-refractivity contribution in [2.75, 3.05) is 13.7 Å². The van der Waals surface area contributed by atoms with Crippen LogP contribution in [-0.4, -0.2) is 20.3 Å². The van der Waals surface area contributed by atoms with Crippen LogP contribution < -0.4 is 20.9 Å². The zero-order valence-corrected chi connectivity index (χ0v) is 8.82. The van der Waals surface area contributed by atoms with E-state index in [0.717, 1.165) is 0 Å². The molecule has 1 aromatic carbocycles. The second-order valence-corrected chi connectivity index (χ2v) is 3.13. The maximum absolute atomic E-state index is 12.0. The molecule has 0 saturated carbocycles. The Labute approximate surface area is 92.1 Å². The Morgan fingerprint density at radius 2 is 2.00 bits per heavy atom. The molecule has 90 valence electrons. The molecule has 0 heterocycles. The molecule has 4 nitrogen and oxygen atoms in total. The molecule has 0 saturated heterocycles. The van der Waals surface area contributed by atoms with E-state index in [4.69, 9.17) is 16.2 Å². The lowest BCUT2D eigenvalue weighted by Gasteiger charge is -2.14.